The SMILES string of the molecule is Clc1cccc(Cl)c1Br.Clc1cccc(Cl)c1C1CC1.O=c1cc(COc2cccc(Cl)c2C2CC2)nc2nc(-c3ccccc3)[nH]n12.Oc1cccc(Cl)c1C1CC1. The van der Waals surface area contributed by atoms with Gasteiger partial charge in [0.05, 0.1) is 20.2 Å². The van der Waals surface area contributed by atoms with E-state index in [-0.39, 0.29) is 12.2 Å². The number of hydrogen-bond donors (Lipinski definition) is 2. The van der Waals surface area contributed by atoms with Crippen molar-refractivity contribution in [1.82, 2.24) is 19.6 Å². The molecule has 0 amide bonds. The Morgan fingerprint density at radius 3 is 1.68 bits per heavy atom. The zero-order valence-electron chi connectivity index (χ0n) is 31.3. The van der Waals surface area contributed by atoms with Crippen LogP contribution in [0.15, 0.2) is 118 Å². The van der Waals surface area contributed by atoms with Crippen molar-refractivity contribution in [3.63, 3.8) is 0 Å². The number of H-pyrrole nitrogens is 1. The van der Waals surface area contributed by atoms with Gasteiger partial charge in [-0.25, -0.2) is 4.98 Å². The Bertz CT molecular complexity index is 2510. The minimum atomic E-state index is -0.230. The smallest absolute Gasteiger partial charge is 0.274 e. The lowest BCUT2D eigenvalue weighted by Crippen LogP contribution is -2.16. The summed E-state index contributed by atoms with van der Waals surface area (Å²) < 4.78 is 8.06. The Labute approximate surface area is 380 Å². The fraction of sp³-hybridized carbons (Fsp3) is 0.222. The number of benzene rings is 5. The van der Waals surface area contributed by atoms with E-state index < -0.39 is 0 Å². The normalized spacial score (nSPS) is 14.3. The van der Waals surface area contributed by atoms with Crippen molar-refractivity contribution < 1.29 is 9.84 Å². The first kappa shape index (κ1) is 43.4. The monoisotopic (exact) mass is 970 g/mol. The second-order valence-electron chi connectivity index (χ2n) is 14.3. The van der Waals surface area contributed by atoms with Gasteiger partial charge in [-0.05, 0) is 126 Å². The van der Waals surface area contributed by atoms with Crippen LogP contribution in [0.25, 0.3) is 17.2 Å². The summed E-state index contributed by atoms with van der Waals surface area (Å²) in [6.45, 7) is 0.180. The molecule has 2 heterocycles. The molecule has 7 nitrogen and oxygen atoms in total. The highest BCUT2D eigenvalue weighted by Crippen LogP contribution is 2.49. The lowest BCUT2D eigenvalue weighted by atomic mass is 10.1. The summed E-state index contributed by atoms with van der Waals surface area (Å²) in [5.41, 5.74) is 4.32. The Kier molecular flexibility index (Phi) is 14.5. The number of phenolic OH excluding ortho intramolecular Hbond substituents is 1. The number of aromatic nitrogens is 4. The molecule has 3 aliphatic rings. The molecule has 2 N–H and O–H groups in total. The van der Waals surface area contributed by atoms with Gasteiger partial charge in [-0.1, -0.05) is 124 Å². The van der Waals surface area contributed by atoms with Crippen LogP contribution in [0.4, 0.5) is 0 Å². The second kappa shape index (κ2) is 19.8. The molecule has 0 aliphatic heterocycles. The van der Waals surface area contributed by atoms with Crippen LogP contribution in [0.1, 0.15) is 78.7 Å². The summed E-state index contributed by atoms with van der Waals surface area (Å²) in [5, 5.41) is 16.8. The zero-order valence-corrected chi connectivity index (χ0v) is 37.4. The Morgan fingerprint density at radius 1 is 0.627 bits per heavy atom. The molecule has 0 spiro atoms. The largest absolute Gasteiger partial charge is 0.508 e. The van der Waals surface area contributed by atoms with E-state index in [1.807, 2.05) is 72.8 Å². The van der Waals surface area contributed by atoms with Gasteiger partial charge in [-0.2, -0.15) is 9.50 Å². The second-order valence-corrected chi connectivity index (χ2v) is 17.5. The van der Waals surface area contributed by atoms with E-state index in [0.29, 0.717) is 55.9 Å². The number of aromatic amines is 1. The van der Waals surface area contributed by atoms with Gasteiger partial charge < -0.3 is 9.84 Å². The number of hydrogen-bond acceptors (Lipinski definition) is 5. The Morgan fingerprint density at radius 2 is 1.12 bits per heavy atom. The van der Waals surface area contributed by atoms with E-state index in [4.69, 9.17) is 74.3 Å². The molecule has 59 heavy (non-hydrogen) atoms. The predicted molar refractivity (Wildman–Crippen MR) is 244 cm³/mol. The van der Waals surface area contributed by atoms with E-state index in [0.717, 1.165) is 73.2 Å². The summed E-state index contributed by atoms with van der Waals surface area (Å²) in [6.07, 6.45) is 7.06. The molecule has 3 saturated carbocycles. The van der Waals surface area contributed by atoms with Crippen LogP contribution in [-0.2, 0) is 6.61 Å². The number of ether oxygens (including phenoxy) is 1. The molecule has 0 radical (unpaired) electrons. The molecule has 3 fully saturated rings. The third-order valence-corrected chi connectivity index (χ3v) is 13.0. The lowest BCUT2D eigenvalue weighted by Gasteiger charge is -2.12. The highest BCUT2D eigenvalue weighted by molar-refractivity contribution is 9.10. The highest BCUT2D eigenvalue weighted by atomic mass is 79.9. The average Bonchev–Trinajstić information content (AvgIpc) is 4.08. The number of fused-ring (bicyclic) bond motifs is 1. The Hall–Kier alpha value is -3.73. The summed E-state index contributed by atoms with van der Waals surface area (Å²) in [5.74, 6) is 3.63. The van der Waals surface area contributed by atoms with Crippen molar-refractivity contribution in [1.29, 1.82) is 0 Å². The van der Waals surface area contributed by atoms with Crippen LogP contribution in [0.5, 0.6) is 11.5 Å². The zero-order chi connectivity index (χ0) is 41.6. The van der Waals surface area contributed by atoms with Gasteiger partial charge in [0, 0.05) is 42.8 Å². The molecule has 10 rings (SSSR count). The summed E-state index contributed by atoms with van der Waals surface area (Å²) >= 11 is 38.8. The third kappa shape index (κ3) is 11.4. The average molecular weight is 974 g/mol. The van der Waals surface area contributed by atoms with Crippen molar-refractivity contribution in [2.75, 3.05) is 0 Å². The van der Waals surface area contributed by atoms with Gasteiger partial charge in [0.1, 0.15) is 18.1 Å². The number of nitrogens with one attached hydrogen (secondary N) is 1. The van der Waals surface area contributed by atoms with Gasteiger partial charge in [0.15, 0.2) is 5.82 Å². The third-order valence-electron chi connectivity index (χ3n) is 9.71. The molecule has 304 valence electrons. The molecular weight excluding hydrogens is 937 g/mol. The predicted octanol–water partition coefficient (Wildman–Crippen LogP) is 14.7. The van der Waals surface area contributed by atoms with Crippen LogP contribution >= 0.6 is 85.5 Å². The van der Waals surface area contributed by atoms with Gasteiger partial charge in [0.25, 0.3) is 11.3 Å². The van der Waals surface area contributed by atoms with Crippen molar-refractivity contribution in [2.45, 2.75) is 62.9 Å². The van der Waals surface area contributed by atoms with E-state index >= 15 is 0 Å². The first-order chi connectivity index (χ1) is 28.5. The maximum Gasteiger partial charge on any atom is 0.274 e. The van der Waals surface area contributed by atoms with Gasteiger partial charge >= 0.3 is 0 Å². The number of nitrogens with zero attached hydrogens (tertiary/aromatic N) is 3. The minimum Gasteiger partial charge on any atom is -0.508 e. The van der Waals surface area contributed by atoms with Crippen molar-refractivity contribution in [2.24, 2.45) is 0 Å². The number of rotatable bonds is 7. The summed E-state index contributed by atoms with van der Waals surface area (Å²) in [6, 6.07) is 33.1. The van der Waals surface area contributed by atoms with Gasteiger partial charge in [-0.3, -0.25) is 9.89 Å². The summed E-state index contributed by atoms with van der Waals surface area (Å²) in [4.78, 5) is 21.4. The molecule has 0 atom stereocenters. The molecule has 5 aromatic carbocycles. The quantitative estimate of drug-likeness (QED) is 0.155. The maximum atomic E-state index is 12.5. The van der Waals surface area contributed by atoms with Crippen molar-refractivity contribution in [3.8, 4) is 22.9 Å². The standard InChI is InChI=1S/C21H17ClN4O2.C9H8Cl2.C9H9ClO.C6H3BrCl2/c22-16-7-4-8-17(19(16)13-9-10-13)28-12-15-11-18(27)26-21(23-15)24-20(25-26)14-5-2-1-3-6-14;2*10-7-2-1-3-8(11)9(7)6-4-5-6;7-6-4(8)2-1-3-5(6)9/h1-8,11,13H,9-10,12H2,(H,23,24,25);1-3,6H,4-5H2;1-3,6,11H,4-5H2;1-3H. The van der Waals surface area contributed by atoms with Crippen LogP contribution in [0.3, 0.4) is 0 Å². The van der Waals surface area contributed by atoms with Gasteiger partial charge in [0.2, 0.25) is 0 Å². The molecule has 0 saturated heterocycles. The number of aromatic hydroxyl groups is 1. The molecule has 14 heteroatoms. The fourth-order valence-corrected chi connectivity index (χ4v) is 8.35. The topological polar surface area (TPSA) is 92.5 Å². The van der Waals surface area contributed by atoms with Gasteiger partial charge in [-0.15, -0.1) is 0 Å². The van der Waals surface area contributed by atoms with Crippen LogP contribution in [0.2, 0.25) is 30.1 Å². The van der Waals surface area contributed by atoms with Crippen LogP contribution < -0.4 is 10.3 Å². The van der Waals surface area contributed by atoms with E-state index in [1.165, 1.54) is 23.4 Å². The van der Waals surface area contributed by atoms with E-state index in [9.17, 15) is 9.90 Å². The Balaban J connectivity index is 0.000000139. The number of halogens is 7. The molecular formula is C45H37BrCl6N4O3. The summed E-state index contributed by atoms with van der Waals surface area (Å²) in [7, 11) is 0. The van der Waals surface area contributed by atoms with Crippen LogP contribution in [0, 0.1) is 0 Å². The number of phenols is 1. The minimum absolute atomic E-state index is 0.180. The van der Waals surface area contributed by atoms with Crippen LogP contribution in [-0.4, -0.2) is 24.7 Å². The fourth-order valence-electron chi connectivity index (χ4n) is 6.34. The molecule has 3 aliphatic carbocycles. The maximum absolute atomic E-state index is 12.5. The molecule has 0 bridgehead atoms. The van der Waals surface area contributed by atoms with Crippen molar-refractivity contribution in [3.05, 3.63) is 177 Å². The highest BCUT2D eigenvalue weighted by Gasteiger charge is 2.30. The van der Waals surface area contributed by atoms with E-state index in [2.05, 4.69) is 31.0 Å². The molecule has 2 aromatic heterocycles. The van der Waals surface area contributed by atoms with E-state index in [1.54, 1.807) is 30.3 Å². The molecule has 7 aromatic rings. The first-order valence-corrected chi connectivity index (χ1v) is 22.0. The van der Waals surface area contributed by atoms with Crippen molar-refractivity contribution >= 4 is 91.3 Å². The molecule has 0 unspecified atom stereocenters. The lowest BCUT2D eigenvalue weighted by molar-refractivity contribution is 0.298. The first-order valence-electron chi connectivity index (χ1n) is 18.9.